The molecule has 0 fully saturated rings. The summed E-state index contributed by atoms with van der Waals surface area (Å²) < 4.78 is 4.83. The van der Waals surface area contributed by atoms with E-state index >= 15 is 0 Å². The number of carboxylic acid groups (broad SMARTS) is 1. The first-order valence-corrected chi connectivity index (χ1v) is 6.80. The summed E-state index contributed by atoms with van der Waals surface area (Å²) in [7, 11) is 3.05. The van der Waals surface area contributed by atoms with Crippen LogP contribution >= 0.6 is 11.6 Å². The Hall–Kier alpha value is -1.79. The van der Waals surface area contributed by atoms with Gasteiger partial charge in [-0.2, -0.15) is 0 Å². The molecule has 116 valence electrons. The van der Waals surface area contributed by atoms with Gasteiger partial charge in [-0.25, -0.2) is 9.59 Å². The van der Waals surface area contributed by atoms with Crippen molar-refractivity contribution in [2.24, 2.45) is 0 Å². The van der Waals surface area contributed by atoms with Crippen molar-refractivity contribution in [1.29, 1.82) is 0 Å². The van der Waals surface area contributed by atoms with Crippen LogP contribution in [0.15, 0.2) is 24.3 Å². The Morgan fingerprint density at radius 2 is 2.10 bits per heavy atom. The molecule has 1 unspecified atom stereocenters. The molecule has 6 nitrogen and oxygen atoms in total. The Bertz CT molecular complexity index is 496. The third kappa shape index (κ3) is 5.61. The fourth-order valence-electron chi connectivity index (χ4n) is 1.71. The number of amides is 2. The second-order valence-electron chi connectivity index (χ2n) is 4.57. The van der Waals surface area contributed by atoms with Crippen LogP contribution in [0.3, 0.4) is 0 Å². The minimum atomic E-state index is -1.09. The van der Waals surface area contributed by atoms with Crippen molar-refractivity contribution in [3.05, 3.63) is 34.9 Å². The number of hydrogen-bond donors (Lipinski definition) is 2. The van der Waals surface area contributed by atoms with E-state index in [-0.39, 0.29) is 13.0 Å². The number of urea groups is 1. The van der Waals surface area contributed by atoms with E-state index in [4.69, 9.17) is 21.4 Å². The van der Waals surface area contributed by atoms with E-state index in [0.29, 0.717) is 11.6 Å². The Morgan fingerprint density at radius 3 is 2.67 bits per heavy atom. The number of methoxy groups -OCH3 is 1. The van der Waals surface area contributed by atoms with Gasteiger partial charge in [0.25, 0.3) is 0 Å². The molecule has 0 aliphatic carbocycles. The predicted molar refractivity (Wildman–Crippen MR) is 79.4 cm³/mol. The predicted octanol–water partition coefficient (Wildman–Crippen LogP) is 1.97. The van der Waals surface area contributed by atoms with Gasteiger partial charge in [-0.05, 0) is 11.6 Å². The number of nitrogens with zero attached hydrogens (tertiary/aromatic N) is 1. The molecule has 0 saturated heterocycles. The second kappa shape index (κ2) is 8.49. The van der Waals surface area contributed by atoms with Crippen molar-refractivity contribution in [2.75, 3.05) is 20.8 Å². The maximum atomic E-state index is 12.0. The normalized spacial score (nSPS) is 11.8. The lowest BCUT2D eigenvalue weighted by Crippen LogP contribution is -2.46. The molecule has 1 aromatic carbocycles. The molecule has 0 spiro atoms. The molecule has 0 heterocycles. The van der Waals surface area contributed by atoms with Crippen molar-refractivity contribution in [3.63, 3.8) is 0 Å². The lowest BCUT2D eigenvalue weighted by molar-refractivity contribution is -0.139. The summed E-state index contributed by atoms with van der Waals surface area (Å²) >= 11 is 6.03. The number of carbonyl (C=O) groups excluding carboxylic acids is 1. The molecular weight excluding hydrogens is 296 g/mol. The van der Waals surface area contributed by atoms with E-state index in [2.05, 4.69) is 5.32 Å². The van der Waals surface area contributed by atoms with E-state index in [9.17, 15) is 9.59 Å². The molecule has 2 amide bonds. The third-order valence-electron chi connectivity index (χ3n) is 2.92. The molecule has 0 bridgehead atoms. The highest BCUT2D eigenvalue weighted by molar-refractivity contribution is 6.31. The quantitative estimate of drug-likeness (QED) is 0.806. The standard InChI is InChI=1S/C14H19ClN2O4/c1-17(9-10-5-3-4-6-11(10)15)14(20)16-12(13(18)19)7-8-21-2/h3-6,12H,7-9H2,1-2H3,(H,16,20)(H,18,19). The molecule has 2 N–H and O–H groups in total. The zero-order chi connectivity index (χ0) is 15.8. The molecule has 21 heavy (non-hydrogen) atoms. The van der Waals surface area contributed by atoms with Crippen LogP contribution in [0, 0.1) is 0 Å². The van der Waals surface area contributed by atoms with Crippen LogP contribution in [0.1, 0.15) is 12.0 Å². The van der Waals surface area contributed by atoms with Gasteiger partial charge in [0.1, 0.15) is 6.04 Å². The average molecular weight is 315 g/mol. The first-order chi connectivity index (χ1) is 9.95. The number of halogens is 1. The molecule has 1 rings (SSSR count). The minimum absolute atomic E-state index is 0.206. The molecule has 0 saturated carbocycles. The van der Waals surface area contributed by atoms with Crippen molar-refractivity contribution in [1.82, 2.24) is 10.2 Å². The number of hydrogen-bond acceptors (Lipinski definition) is 3. The van der Waals surface area contributed by atoms with Gasteiger partial charge in [0, 0.05) is 38.8 Å². The number of ether oxygens (including phenoxy) is 1. The van der Waals surface area contributed by atoms with Gasteiger partial charge in [-0.15, -0.1) is 0 Å². The number of nitrogens with one attached hydrogen (secondary N) is 1. The summed E-state index contributed by atoms with van der Waals surface area (Å²) in [4.78, 5) is 24.4. The molecule has 0 aliphatic heterocycles. The van der Waals surface area contributed by atoms with E-state index in [1.807, 2.05) is 12.1 Å². The maximum Gasteiger partial charge on any atom is 0.326 e. The summed E-state index contributed by atoms with van der Waals surface area (Å²) in [6.45, 7) is 0.549. The highest BCUT2D eigenvalue weighted by Crippen LogP contribution is 2.16. The highest BCUT2D eigenvalue weighted by Gasteiger charge is 2.21. The first kappa shape index (κ1) is 17.3. The molecule has 0 aliphatic rings. The number of benzene rings is 1. The van der Waals surface area contributed by atoms with Gasteiger partial charge in [0.05, 0.1) is 0 Å². The van der Waals surface area contributed by atoms with Crippen LogP contribution in [-0.4, -0.2) is 48.8 Å². The molecule has 7 heteroatoms. The summed E-state index contributed by atoms with van der Waals surface area (Å²) in [5.74, 6) is -1.09. The van der Waals surface area contributed by atoms with Gasteiger partial charge in [-0.1, -0.05) is 29.8 Å². The largest absolute Gasteiger partial charge is 0.480 e. The van der Waals surface area contributed by atoms with Crippen molar-refractivity contribution in [2.45, 2.75) is 19.0 Å². The van der Waals surface area contributed by atoms with Crippen molar-refractivity contribution >= 4 is 23.6 Å². The summed E-state index contributed by atoms with van der Waals surface area (Å²) in [6, 6.07) is 5.72. The number of aliphatic carboxylic acids is 1. The summed E-state index contributed by atoms with van der Waals surface area (Å²) in [5, 5.41) is 12.1. The SMILES string of the molecule is COCCC(NC(=O)N(C)Cc1ccccc1Cl)C(=O)O. The number of carbonyl (C=O) groups is 2. The van der Waals surface area contributed by atoms with Crippen LogP contribution in [0.25, 0.3) is 0 Å². The van der Waals surface area contributed by atoms with Gasteiger partial charge in [0.2, 0.25) is 0 Å². The van der Waals surface area contributed by atoms with Gasteiger partial charge in [-0.3, -0.25) is 0 Å². The van der Waals surface area contributed by atoms with Gasteiger partial charge < -0.3 is 20.1 Å². The van der Waals surface area contributed by atoms with Crippen LogP contribution in [0.5, 0.6) is 0 Å². The van der Waals surface area contributed by atoms with E-state index in [1.54, 1.807) is 19.2 Å². The molecule has 0 radical (unpaired) electrons. The van der Waals surface area contributed by atoms with Gasteiger partial charge >= 0.3 is 12.0 Å². The molecular formula is C14H19ClN2O4. The maximum absolute atomic E-state index is 12.0. The average Bonchev–Trinajstić information content (AvgIpc) is 2.45. The zero-order valence-electron chi connectivity index (χ0n) is 12.0. The Balaban J connectivity index is 2.61. The van der Waals surface area contributed by atoms with Crippen LogP contribution in [0.4, 0.5) is 4.79 Å². The molecule has 0 aromatic heterocycles. The highest BCUT2D eigenvalue weighted by atomic mass is 35.5. The van der Waals surface area contributed by atoms with Crippen molar-refractivity contribution < 1.29 is 19.4 Å². The smallest absolute Gasteiger partial charge is 0.326 e. The van der Waals surface area contributed by atoms with Crippen LogP contribution < -0.4 is 5.32 Å². The fraction of sp³-hybridized carbons (Fsp3) is 0.429. The fourth-order valence-corrected chi connectivity index (χ4v) is 1.90. The Kier molecular flexibility index (Phi) is 6.98. The zero-order valence-corrected chi connectivity index (χ0v) is 12.8. The minimum Gasteiger partial charge on any atom is -0.480 e. The van der Waals surface area contributed by atoms with Gasteiger partial charge in [0.15, 0.2) is 0 Å². The topological polar surface area (TPSA) is 78.9 Å². The third-order valence-corrected chi connectivity index (χ3v) is 3.29. The molecule has 1 aromatic rings. The lowest BCUT2D eigenvalue weighted by Gasteiger charge is -2.21. The van der Waals surface area contributed by atoms with E-state index in [1.165, 1.54) is 12.0 Å². The summed E-state index contributed by atoms with van der Waals surface area (Å²) in [6.07, 6.45) is 0.206. The summed E-state index contributed by atoms with van der Waals surface area (Å²) in [5.41, 5.74) is 0.792. The Morgan fingerprint density at radius 1 is 1.43 bits per heavy atom. The van der Waals surface area contributed by atoms with Crippen LogP contribution in [-0.2, 0) is 16.1 Å². The van der Waals surface area contributed by atoms with E-state index < -0.39 is 18.0 Å². The first-order valence-electron chi connectivity index (χ1n) is 6.42. The molecule has 1 atom stereocenters. The van der Waals surface area contributed by atoms with E-state index in [0.717, 1.165) is 5.56 Å². The monoisotopic (exact) mass is 314 g/mol. The lowest BCUT2D eigenvalue weighted by atomic mass is 10.2. The second-order valence-corrected chi connectivity index (χ2v) is 4.98. The van der Waals surface area contributed by atoms with Crippen molar-refractivity contribution in [3.8, 4) is 0 Å². The number of carboxylic acids is 1. The Labute approximate surface area is 128 Å². The van der Waals surface area contributed by atoms with Crippen LogP contribution in [0.2, 0.25) is 5.02 Å². The number of rotatable bonds is 7.